The van der Waals surface area contributed by atoms with E-state index in [1.54, 1.807) is 0 Å². The number of rotatable bonds is 3. The lowest BCUT2D eigenvalue weighted by atomic mass is 10.4. The summed E-state index contributed by atoms with van der Waals surface area (Å²) in [6.07, 6.45) is 0. The maximum absolute atomic E-state index is 10.6. The van der Waals surface area contributed by atoms with Crippen molar-refractivity contribution < 1.29 is 9.53 Å². The van der Waals surface area contributed by atoms with E-state index in [-0.39, 0.29) is 18.6 Å². The number of carbonyl (C=O) groups excluding carboxylic acids is 1. The summed E-state index contributed by atoms with van der Waals surface area (Å²) in [6, 6.07) is 0.266. The molecule has 0 aliphatic carbocycles. The van der Waals surface area contributed by atoms with Crippen LogP contribution in [0.5, 0.6) is 0 Å². The molecule has 0 aromatic heterocycles. The van der Waals surface area contributed by atoms with E-state index in [0.717, 1.165) is 0 Å². The Morgan fingerprint density at radius 1 is 1.58 bits per heavy atom. The van der Waals surface area contributed by atoms with E-state index in [1.807, 2.05) is 13.8 Å². The van der Waals surface area contributed by atoms with Gasteiger partial charge in [-0.25, -0.2) is 0 Å². The molecule has 0 aliphatic heterocycles. The average molecular weight is 190 g/mol. The molecule has 4 nitrogen and oxygen atoms in total. The number of hydrogen-bond donors (Lipinski definition) is 2. The number of carbonyl (C=O) groups is 1. The third-order valence-electron chi connectivity index (χ3n) is 1.04. The van der Waals surface area contributed by atoms with Gasteiger partial charge >= 0.3 is 5.97 Å². The Bertz CT molecular complexity index is 171. The van der Waals surface area contributed by atoms with Gasteiger partial charge in [-0.1, -0.05) is 0 Å². The van der Waals surface area contributed by atoms with Crippen molar-refractivity contribution in [1.82, 2.24) is 10.6 Å². The minimum Gasteiger partial charge on any atom is -0.468 e. The molecule has 0 aromatic rings. The fraction of sp³-hybridized carbons (Fsp3) is 0.714. The third-order valence-corrected chi connectivity index (χ3v) is 1.30. The van der Waals surface area contributed by atoms with Crippen molar-refractivity contribution >= 4 is 23.3 Å². The number of methoxy groups -OCH3 is 1. The quantitative estimate of drug-likeness (QED) is 0.486. The number of nitrogens with one attached hydrogen (secondary N) is 2. The van der Waals surface area contributed by atoms with Crippen LogP contribution < -0.4 is 10.6 Å². The first-order valence-electron chi connectivity index (χ1n) is 3.67. The molecular formula is C7H14N2O2S. The summed E-state index contributed by atoms with van der Waals surface area (Å²) < 4.78 is 4.42. The topological polar surface area (TPSA) is 50.4 Å². The Morgan fingerprint density at radius 3 is 2.58 bits per heavy atom. The van der Waals surface area contributed by atoms with Gasteiger partial charge in [0.1, 0.15) is 6.54 Å². The molecule has 0 saturated carbocycles. The highest BCUT2D eigenvalue weighted by molar-refractivity contribution is 7.80. The summed E-state index contributed by atoms with van der Waals surface area (Å²) in [5.74, 6) is -0.331. The molecule has 70 valence electrons. The minimum atomic E-state index is -0.331. The fourth-order valence-electron chi connectivity index (χ4n) is 0.538. The Morgan fingerprint density at radius 2 is 2.17 bits per heavy atom. The van der Waals surface area contributed by atoms with E-state index in [9.17, 15) is 4.79 Å². The van der Waals surface area contributed by atoms with Crippen LogP contribution in [0.3, 0.4) is 0 Å². The lowest BCUT2D eigenvalue weighted by Gasteiger charge is -2.11. The van der Waals surface area contributed by atoms with Gasteiger partial charge in [0.15, 0.2) is 5.11 Å². The van der Waals surface area contributed by atoms with E-state index in [0.29, 0.717) is 5.11 Å². The SMILES string of the molecule is COC(=O)CNC(=S)NC(C)C. The maximum Gasteiger partial charge on any atom is 0.325 e. The molecule has 0 radical (unpaired) electrons. The molecule has 0 unspecified atom stereocenters. The van der Waals surface area contributed by atoms with Crippen molar-refractivity contribution in [2.75, 3.05) is 13.7 Å². The van der Waals surface area contributed by atoms with Gasteiger partial charge in [-0.15, -0.1) is 0 Å². The second-order valence-electron chi connectivity index (χ2n) is 2.56. The van der Waals surface area contributed by atoms with E-state index < -0.39 is 0 Å². The van der Waals surface area contributed by atoms with Crippen molar-refractivity contribution in [1.29, 1.82) is 0 Å². The third kappa shape index (κ3) is 5.91. The van der Waals surface area contributed by atoms with Crippen LogP contribution in [0.2, 0.25) is 0 Å². The zero-order valence-corrected chi connectivity index (χ0v) is 8.33. The molecule has 0 heterocycles. The molecule has 0 bridgehead atoms. The zero-order chi connectivity index (χ0) is 9.56. The van der Waals surface area contributed by atoms with Crippen LogP contribution in [0.1, 0.15) is 13.8 Å². The minimum absolute atomic E-state index is 0.106. The van der Waals surface area contributed by atoms with E-state index in [4.69, 9.17) is 12.2 Å². The summed E-state index contributed by atoms with van der Waals surface area (Å²) in [4.78, 5) is 10.6. The second kappa shape index (κ2) is 5.77. The first-order valence-corrected chi connectivity index (χ1v) is 4.08. The largest absolute Gasteiger partial charge is 0.468 e. The number of hydrogen-bond acceptors (Lipinski definition) is 3. The smallest absolute Gasteiger partial charge is 0.325 e. The molecule has 0 aliphatic rings. The predicted octanol–water partition coefficient (Wildman–Crippen LogP) is 0.0319. The van der Waals surface area contributed by atoms with Crippen LogP contribution in [-0.2, 0) is 9.53 Å². The lowest BCUT2D eigenvalue weighted by Crippen LogP contribution is -2.41. The van der Waals surface area contributed by atoms with Gasteiger partial charge in [0, 0.05) is 6.04 Å². The normalized spacial score (nSPS) is 9.33. The van der Waals surface area contributed by atoms with Crippen LogP contribution in [0.25, 0.3) is 0 Å². The summed E-state index contributed by atoms with van der Waals surface area (Å²) in [6.45, 7) is 4.04. The summed E-state index contributed by atoms with van der Waals surface area (Å²) in [5, 5.41) is 6.11. The molecule has 12 heavy (non-hydrogen) atoms. The van der Waals surface area contributed by atoms with E-state index in [1.165, 1.54) is 7.11 Å². The van der Waals surface area contributed by atoms with E-state index in [2.05, 4.69) is 15.4 Å². The molecule has 0 saturated heterocycles. The van der Waals surface area contributed by atoms with Gasteiger partial charge < -0.3 is 15.4 Å². The van der Waals surface area contributed by atoms with Crippen LogP contribution >= 0.6 is 12.2 Å². The van der Waals surface area contributed by atoms with Crippen LogP contribution in [0, 0.1) is 0 Å². The summed E-state index contributed by atoms with van der Waals surface area (Å²) in [5.41, 5.74) is 0. The highest BCUT2D eigenvalue weighted by atomic mass is 32.1. The van der Waals surface area contributed by atoms with Crippen molar-refractivity contribution in [2.24, 2.45) is 0 Å². The number of ether oxygens (including phenoxy) is 1. The average Bonchev–Trinajstić information content (AvgIpc) is 1.99. The first-order chi connectivity index (χ1) is 5.56. The highest BCUT2D eigenvalue weighted by Crippen LogP contribution is 1.77. The van der Waals surface area contributed by atoms with Crippen molar-refractivity contribution in [3.05, 3.63) is 0 Å². The maximum atomic E-state index is 10.6. The van der Waals surface area contributed by atoms with Crippen LogP contribution in [0.15, 0.2) is 0 Å². The molecule has 5 heteroatoms. The Balaban J connectivity index is 3.51. The van der Waals surface area contributed by atoms with Crippen molar-refractivity contribution in [3.8, 4) is 0 Å². The monoisotopic (exact) mass is 190 g/mol. The number of esters is 1. The molecule has 0 rings (SSSR count). The van der Waals surface area contributed by atoms with Gasteiger partial charge in [-0.3, -0.25) is 4.79 Å². The van der Waals surface area contributed by atoms with Crippen molar-refractivity contribution in [3.63, 3.8) is 0 Å². The molecule has 0 spiro atoms. The molecular weight excluding hydrogens is 176 g/mol. The van der Waals surface area contributed by atoms with Gasteiger partial charge in [-0.2, -0.15) is 0 Å². The molecule has 2 N–H and O–H groups in total. The fourth-order valence-corrected chi connectivity index (χ4v) is 0.846. The molecule has 0 atom stereocenters. The Hall–Kier alpha value is -0.840. The predicted molar refractivity (Wildman–Crippen MR) is 50.9 cm³/mol. The van der Waals surface area contributed by atoms with Gasteiger partial charge in [0.25, 0.3) is 0 Å². The zero-order valence-electron chi connectivity index (χ0n) is 7.51. The molecule has 0 aromatic carbocycles. The first kappa shape index (κ1) is 11.2. The lowest BCUT2D eigenvalue weighted by molar-refractivity contribution is -0.139. The van der Waals surface area contributed by atoms with Crippen LogP contribution in [-0.4, -0.2) is 30.8 Å². The Labute approximate surface area is 77.7 Å². The van der Waals surface area contributed by atoms with Gasteiger partial charge in [-0.05, 0) is 26.1 Å². The highest BCUT2D eigenvalue weighted by Gasteiger charge is 2.01. The second-order valence-corrected chi connectivity index (χ2v) is 2.97. The van der Waals surface area contributed by atoms with Gasteiger partial charge in [0.2, 0.25) is 0 Å². The summed E-state index contributed by atoms with van der Waals surface area (Å²) >= 11 is 4.87. The standard InChI is InChI=1S/C7H14N2O2S/c1-5(2)9-7(12)8-4-6(10)11-3/h5H,4H2,1-3H3,(H2,8,9,12). The molecule has 0 fully saturated rings. The van der Waals surface area contributed by atoms with Crippen molar-refractivity contribution in [2.45, 2.75) is 19.9 Å². The molecule has 0 amide bonds. The van der Waals surface area contributed by atoms with Gasteiger partial charge in [0.05, 0.1) is 7.11 Å². The van der Waals surface area contributed by atoms with E-state index >= 15 is 0 Å². The summed E-state index contributed by atoms with van der Waals surface area (Å²) in [7, 11) is 1.34. The number of thiocarbonyl (C=S) groups is 1. The Kier molecular flexibility index (Phi) is 5.36. The van der Waals surface area contributed by atoms with Crippen LogP contribution in [0.4, 0.5) is 0 Å².